The van der Waals surface area contributed by atoms with Crippen molar-refractivity contribution in [1.29, 1.82) is 0 Å². The number of nitrogens with one attached hydrogen (secondary N) is 1. The Labute approximate surface area is 133 Å². The van der Waals surface area contributed by atoms with E-state index in [1.165, 1.54) is 32.1 Å². The summed E-state index contributed by atoms with van der Waals surface area (Å²) in [4.78, 5) is 16.5. The lowest BCUT2D eigenvalue weighted by Gasteiger charge is -2.28. The Morgan fingerprint density at radius 2 is 2.14 bits per heavy atom. The van der Waals surface area contributed by atoms with Crippen LogP contribution < -0.4 is 10.1 Å². The minimum absolute atomic E-state index is 0.0364. The highest BCUT2D eigenvalue weighted by Crippen LogP contribution is 2.26. The van der Waals surface area contributed by atoms with Gasteiger partial charge in [0.15, 0.2) is 0 Å². The Kier molecular flexibility index (Phi) is 6.69. The molecular formula is C18H28N2O2. The zero-order valence-corrected chi connectivity index (χ0v) is 13.8. The van der Waals surface area contributed by atoms with Gasteiger partial charge in [-0.1, -0.05) is 32.6 Å². The van der Waals surface area contributed by atoms with Crippen molar-refractivity contribution >= 4 is 5.91 Å². The maximum Gasteiger partial charge on any atom is 0.253 e. The Balaban J connectivity index is 1.83. The number of unbranched alkanes of at least 4 members (excludes halogenated alkanes) is 1. The van der Waals surface area contributed by atoms with E-state index < -0.39 is 0 Å². The first-order valence-corrected chi connectivity index (χ1v) is 8.60. The molecule has 122 valence electrons. The minimum Gasteiger partial charge on any atom is -0.478 e. The fourth-order valence-corrected chi connectivity index (χ4v) is 2.96. The molecule has 0 unspecified atom stereocenters. The maximum atomic E-state index is 12.3. The molecule has 1 amide bonds. The average Bonchev–Trinajstić information content (AvgIpc) is 2.56. The molecule has 1 aliphatic carbocycles. The number of aromatic nitrogens is 1. The third kappa shape index (κ3) is 5.00. The average molecular weight is 304 g/mol. The van der Waals surface area contributed by atoms with Crippen molar-refractivity contribution in [1.82, 2.24) is 10.3 Å². The molecule has 1 N–H and O–H groups in total. The molecule has 0 spiro atoms. The smallest absolute Gasteiger partial charge is 0.253 e. The van der Waals surface area contributed by atoms with Crippen molar-refractivity contribution in [3.05, 3.63) is 23.9 Å². The van der Waals surface area contributed by atoms with Crippen LogP contribution in [0.3, 0.4) is 0 Å². The van der Waals surface area contributed by atoms with Gasteiger partial charge in [0, 0.05) is 18.3 Å². The van der Waals surface area contributed by atoms with Gasteiger partial charge in [0.2, 0.25) is 5.88 Å². The predicted octanol–water partition coefficient (Wildman–Crippen LogP) is 3.96. The third-order valence-electron chi connectivity index (χ3n) is 4.46. The number of rotatable bonds is 7. The highest BCUT2D eigenvalue weighted by molar-refractivity contribution is 5.94. The largest absolute Gasteiger partial charge is 0.478 e. The molecule has 22 heavy (non-hydrogen) atoms. The van der Waals surface area contributed by atoms with Gasteiger partial charge < -0.3 is 10.1 Å². The van der Waals surface area contributed by atoms with E-state index in [-0.39, 0.29) is 11.9 Å². The number of amides is 1. The standard InChI is InChI=1S/C18H28N2O2/c1-3-4-12-22-17-11-10-16(13-19-17)18(21)20-14(2)15-8-6-5-7-9-15/h10-11,13-15H,3-9,12H2,1-2H3,(H,20,21)/t14-/m1/s1. The molecule has 0 radical (unpaired) electrons. The lowest BCUT2D eigenvalue weighted by Crippen LogP contribution is -2.38. The van der Waals surface area contributed by atoms with Crippen LogP contribution >= 0.6 is 0 Å². The summed E-state index contributed by atoms with van der Waals surface area (Å²) in [7, 11) is 0. The van der Waals surface area contributed by atoms with Crippen LogP contribution in [-0.2, 0) is 0 Å². The lowest BCUT2D eigenvalue weighted by molar-refractivity contribution is 0.0919. The van der Waals surface area contributed by atoms with E-state index in [0.29, 0.717) is 24.0 Å². The van der Waals surface area contributed by atoms with E-state index in [1.54, 1.807) is 18.3 Å². The number of ether oxygens (including phenoxy) is 1. The molecule has 1 heterocycles. The second kappa shape index (κ2) is 8.76. The Morgan fingerprint density at radius 3 is 2.77 bits per heavy atom. The van der Waals surface area contributed by atoms with E-state index in [1.807, 2.05) is 0 Å². The van der Waals surface area contributed by atoms with Crippen LogP contribution in [0, 0.1) is 5.92 Å². The number of hydrogen-bond donors (Lipinski definition) is 1. The minimum atomic E-state index is -0.0364. The van der Waals surface area contributed by atoms with Crippen molar-refractivity contribution in [3.8, 4) is 5.88 Å². The van der Waals surface area contributed by atoms with Gasteiger partial charge in [-0.25, -0.2) is 4.98 Å². The number of hydrogen-bond acceptors (Lipinski definition) is 3. The molecule has 0 aromatic carbocycles. The first-order chi connectivity index (χ1) is 10.7. The highest BCUT2D eigenvalue weighted by atomic mass is 16.5. The first-order valence-electron chi connectivity index (χ1n) is 8.60. The third-order valence-corrected chi connectivity index (χ3v) is 4.46. The van der Waals surface area contributed by atoms with Crippen LogP contribution in [0.15, 0.2) is 18.3 Å². The molecule has 1 atom stereocenters. The van der Waals surface area contributed by atoms with Crippen molar-refractivity contribution in [2.45, 2.75) is 64.8 Å². The fraction of sp³-hybridized carbons (Fsp3) is 0.667. The highest BCUT2D eigenvalue weighted by Gasteiger charge is 2.21. The summed E-state index contributed by atoms with van der Waals surface area (Å²) in [5.74, 6) is 1.17. The van der Waals surface area contributed by atoms with Gasteiger partial charge in [-0.15, -0.1) is 0 Å². The number of pyridine rings is 1. The molecule has 1 aromatic rings. The predicted molar refractivity (Wildman–Crippen MR) is 88.1 cm³/mol. The summed E-state index contributed by atoms with van der Waals surface area (Å²) in [5, 5.41) is 3.12. The van der Waals surface area contributed by atoms with Crippen molar-refractivity contribution < 1.29 is 9.53 Å². The quantitative estimate of drug-likeness (QED) is 0.776. The van der Waals surface area contributed by atoms with Gasteiger partial charge in [0.25, 0.3) is 5.91 Å². The SMILES string of the molecule is CCCCOc1ccc(C(=O)N[C@H](C)C2CCCCC2)cn1. The Morgan fingerprint density at radius 1 is 1.36 bits per heavy atom. The molecule has 2 rings (SSSR count). The molecule has 0 aliphatic heterocycles. The normalized spacial score (nSPS) is 17.0. The van der Waals surface area contributed by atoms with E-state index in [9.17, 15) is 4.79 Å². The van der Waals surface area contributed by atoms with E-state index >= 15 is 0 Å². The van der Waals surface area contributed by atoms with Crippen molar-refractivity contribution in [2.24, 2.45) is 5.92 Å². The van der Waals surface area contributed by atoms with Crippen molar-refractivity contribution in [3.63, 3.8) is 0 Å². The summed E-state index contributed by atoms with van der Waals surface area (Å²) < 4.78 is 5.51. The summed E-state index contributed by atoms with van der Waals surface area (Å²) >= 11 is 0. The molecule has 4 heteroatoms. The van der Waals surface area contributed by atoms with Gasteiger partial charge in [-0.05, 0) is 38.2 Å². The summed E-state index contributed by atoms with van der Waals surface area (Å²) in [6.45, 7) is 4.91. The van der Waals surface area contributed by atoms with Crippen LogP contribution in [0.1, 0.15) is 69.2 Å². The van der Waals surface area contributed by atoms with Crippen LogP contribution in [-0.4, -0.2) is 23.5 Å². The van der Waals surface area contributed by atoms with Crippen LogP contribution in [0.2, 0.25) is 0 Å². The zero-order valence-electron chi connectivity index (χ0n) is 13.8. The molecule has 1 aromatic heterocycles. The Hall–Kier alpha value is -1.58. The second-order valence-electron chi connectivity index (χ2n) is 6.25. The summed E-state index contributed by atoms with van der Waals surface area (Å²) in [6, 6.07) is 3.79. The summed E-state index contributed by atoms with van der Waals surface area (Å²) in [6.07, 6.45) is 10.1. The van der Waals surface area contributed by atoms with Crippen LogP contribution in [0.25, 0.3) is 0 Å². The molecule has 1 aliphatic rings. The lowest BCUT2D eigenvalue weighted by atomic mass is 9.84. The molecule has 0 saturated heterocycles. The van der Waals surface area contributed by atoms with E-state index in [4.69, 9.17) is 4.74 Å². The second-order valence-corrected chi connectivity index (χ2v) is 6.25. The molecule has 4 nitrogen and oxygen atoms in total. The zero-order chi connectivity index (χ0) is 15.8. The molecule has 1 fully saturated rings. The topological polar surface area (TPSA) is 51.2 Å². The molecule has 0 bridgehead atoms. The van der Waals surface area contributed by atoms with Crippen molar-refractivity contribution in [2.75, 3.05) is 6.61 Å². The number of carbonyl (C=O) groups excluding carboxylic acids is 1. The van der Waals surface area contributed by atoms with Gasteiger partial charge in [0.05, 0.1) is 12.2 Å². The summed E-state index contributed by atoms with van der Waals surface area (Å²) in [5.41, 5.74) is 0.602. The molecular weight excluding hydrogens is 276 g/mol. The van der Waals surface area contributed by atoms with Gasteiger partial charge in [0.1, 0.15) is 0 Å². The monoisotopic (exact) mass is 304 g/mol. The Bertz CT molecular complexity index is 453. The maximum absolute atomic E-state index is 12.3. The fourth-order valence-electron chi connectivity index (χ4n) is 2.96. The van der Waals surface area contributed by atoms with Crippen LogP contribution in [0.5, 0.6) is 5.88 Å². The first kappa shape index (κ1) is 16.8. The number of carbonyl (C=O) groups is 1. The molecule has 1 saturated carbocycles. The van der Waals surface area contributed by atoms with E-state index in [2.05, 4.69) is 24.1 Å². The number of nitrogens with zero attached hydrogens (tertiary/aromatic N) is 1. The van der Waals surface area contributed by atoms with Gasteiger partial charge in [-0.3, -0.25) is 4.79 Å². The van der Waals surface area contributed by atoms with Gasteiger partial charge >= 0.3 is 0 Å². The van der Waals surface area contributed by atoms with E-state index in [0.717, 1.165) is 12.8 Å². The van der Waals surface area contributed by atoms with Crippen LogP contribution in [0.4, 0.5) is 0 Å². The van der Waals surface area contributed by atoms with Gasteiger partial charge in [-0.2, -0.15) is 0 Å².